The highest BCUT2D eigenvalue weighted by atomic mass is 16.5. The first kappa shape index (κ1) is 19.6. The average molecular weight is 370 g/mol. The lowest BCUT2D eigenvalue weighted by Gasteiger charge is -2.31. The van der Waals surface area contributed by atoms with E-state index in [1.807, 2.05) is 38.1 Å². The Morgan fingerprint density at radius 3 is 2.81 bits per heavy atom. The van der Waals surface area contributed by atoms with Crippen LogP contribution in [-0.4, -0.2) is 40.1 Å². The fraction of sp³-hybridized carbons (Fsp3) is 0.545. The Balaban J connectivity index is 1.64. The number of H-pyrrole nitrogens is 1. The number of benzene rings is 1. The number of rotatable bonds is 7. The molecule has 27 heavy (non-hydrogen) atoms. The molecule has 1 aromatic heterocycles. The predicted molar refractivity (Wildman–Crippen MR) is 107 cm³/mol. The van der Waals surface area contributed by atoms with E-state index in [1.165, 1.54) is 0 Å². The van der Waals surface area contributed by atoms with Crippen molar-refractivity contribution in [1.82, 2.24) is 15.1 Å². The van der Waals surface area contributed by atoms with Gasteiger partial charge in [-0.3, -0.25) is 14.8 Å². The maximum atomic E-state index is 13.0. The van der Waals surface area contributed by atoms with Crippen molar-refractivity contribution >= 4 is 5.78 Å². The number of piperidine rings is 1. The first-order chi connectivity index (χ1) is 12.9. The molecule has 1 fully saturated rings. The van der Waals surface area contributed by atoms with Crippen LogP contribution in [0.2, 0.25) is 0 Å². The van der Waals surface area contributed by atoms with Crippen LogP contribution in [0.1, 0.15) is 68.2 Å². The quantitative estimate of drug-likeness (QED) is 0.734. The summed E-state index contributed by atoms with van der Waals surface area (Å²) < 4.78 is 5.74. The van der Waals surface area contributed by atoms with Gasteiger partial charge in [-0.25, -0.2) is 0 Å². The standard InChI is InChI=1S/C22H31N3O2/c1-15(2)21-12-19(23-24-21)14-25-10-6-8-18(13-25)22(26)17-7-5-9-20(11-17)27-16(3)4/h5,7,9,11-12,15-16,18H,6,8,10,13-14H2,1-4H3,(H,23,24)/t18-/m0/s1. The van der Waals surface area contributed by atoms with E-state index in [1.54, 1.807) is 0 Å². The van der Waals surface area contributed by atoms with Gasteiger partial charge < -0.3 is 4.74 Å². The molecule has 1 saturated heterocycles. The number of aromatic amines is 1. The number of carbonyl (C=O) groups is 1. The van der Waals surface area contributed by atoms with Gasteiger partial charge in [0.1, 0.15) is 5.75 Å². The lowest BCUT2D eigenvalue weighted by Crippen LogP contribution is -2.38. The number of nitrogens with zero attached hydrogens (tertiary/aromatic N) is 2. The summed E-state index contributed by atoms with van der Waals surface area (Å²) in [6.07, 6.45) is 2.10. The topological polar surface area (TPSA) is 58.2 Å². The highest BCUT2D eigenvalue weighted by Gasteiger charge is 2.27. The maximum Gasteiger partial charge on any atom is 0.167 e. The summed E-state index contributed by atoms with van der Waals surface area (Å²) in [5, 5.41) is 7.53. The largest absolute Gasteiger partial charge is 0.491 e. The molecule has 3 rings (SSSR count). The van der Waals surface area contributed by atoms with Gasteiger partial charge in [-0.2, -0.15) is 5.10 Å². The van der Waals surface area contributed by atoms with Crippen molar-refractivity contribution in [3.63, 3.8) is 0 Å². The molecule has 0 aliphatic carbocycles. The summed E-state index contributed by atoms with van der Waals surface area (Å²) in [6, 6.07) is 9.74. The summed E-state index contributed by atoms with van der Waals surface area (Å²) in [5.74, 6) is 1.45. The zero-order valence-corrected chi connectivity index (χ0v) is 16.9. The average Bonchev–Trinajstić information content (AvgIpc) is 3.10. The monoisotopic (exact) mass is 369 g/mol. The molecule has 2 aromatic rings. The van der Waals surface area contributed by atoms with Crippen LogP contribution in [0, 0.1) is 5.92 Å². The molecule has 2 heterocycles. The van der Waals surface area contributed by atoms with E-state index in [2.05, 4.69) is 35.0 Å². The molecule has 0 unspecified atom stereocenters. The molecule has 1 atom stereocenters. The van der Waals surface area contributed by atoms with Crippen LogP contribution >= 0.6 is 0 Å². The van der Waals surface area contributed by atoms with E-state index in [4.69, 9.17) is 4.74 Å². The van der Waals surface area contributed by atoms with Crippen molar-refractivity contribution < 1.29 is 9.53 Å². The van der Waals surface area contributed by atoms with Gasteiger partial charge in [-0.05, 0) is 57.4 Å². The van der Waals surface area contributed by atoms with Crippen LogP contribution in [0.4, 0.5) is 0 Å². The van der Waals surface area contributed by atoms with Gasteiger partial charge in [0, 0.05) is 30.3 Å². The molecule has 1 N–H and O–H groups in total. The SMILES string of the molecule is CC(C)Oc1cccc(C(=O)[C@H]2CCCN(Cc3cc(C(C)C)n[nH]3)C2)c1. The molecular weight excluding hydrogens is 338 g/mol. The van der Waals surface area contributed by atoms with Gasteiger partial charge in [0.2, 0.25) is 0 Å². The Morgan fingerprint density at radius 1 is 1.30 bits per heavy atom. The molecule has 1 aromatic carbocycles. The van der Waals surface area contributed by atoms with E-state index >= 15 is 0 Å². The van der Waals surface area contributed by atoms with E-state index in [-0.39, 0.29) is 17.8 Å². The van der Waals surface area contributed by atoms with Gasteiger partial charge in [-0.1, -0.05) is 26.0 Å². The molecule has 0 radical (unpaired) electrons. The highest BCUT2D eigenvalue weighted by molar-refractivity contribution is 5.98. The number of ether oxygens (including phenoxy) is 1. The third-order valence-electron chi connectivity index (χ3n) is 5.00. The van der Waals surface area contributed by atoms with Crippen LogP contribution in [0.15, 0.2) is 30.3 Å². The minimum absolute atomic E-state index is 0.0422. The fourth-order valence-corrected chi connectivity index (χ4v) is 3.64. The second-order valence-electron chi connectivity index (χ2n) is 8.11. The van der Waals surface area contributed by atoms with Crippen molar-refractivity contribution in [2.45, 2.75) is 59.1 Å². The minimum atomic E-state index is 0.0422. The molecular formula is C22H31N3O2. The first-order valence-corrected chi connectivity index (χ1v) is 10.00. The van der Waals surface area contributed by atoms with Crippen LogP contribution < -0.4 is 4.74 Å². The summed E-state index contributed by atoms with van der Waals surface area (Å²) in [4.78, 5) is 15.4. The molecule has 0 bridgehead atoms. The van der Waals surface area contributed by atoms with Crippen molar-refractivity contribution in [3.05, 3.63) is 47.3 Å². The Kier molecular flexibility index (Phi) is 6.32. The summed E-state index contributed by atoms with van der Waals surface area (Å²) in [7, 11) is 0. The predicted octanol–water partition coefficient (Wildman–Crippen LogP) is 4.42. The Labute approximate surface area is 162 Å². The third kappa shape index (κ3) is 5.19. The number of ketones is 1. The van der Waals surface area contributed by atoms with Crippen molar-refractivity contribution in [3.8, 4) is 5.75 Å². The van der Waals surface area contributed by atoms with Crippen LogP contribution in [0.3, 0.4) is 0 Å². The Hall–Kier alpha value is -2.14. The molecule has 0 spiro atoms. The second kappa shape index (κ2) is 8.70. The lowest BCUT2D eigenvalue weighted by atomic mass is 9.90. The number of hydrogen-bond donors (Lipinski definition) is 1. The minimum Gasteiger partial charge on any atom is -0.491 e. The molecule has 0 amide bonds. The number of likely N-dealkylation sites (tertiary alicyclic amines) is 1. The van der Waals surface area contributed by atoms with E-state index in [9.17, 15) is 4.79 Å². The second-order valence-corrected chi connectivity index (χ2v) is 8.11. The summed E-state index contributed by atoms with van der Waals surface area (Å²) in [5.41, 5.74) is 2.97. The van der Waals surface area contributed by atoms with E-state index in [0.717, 1.165) is 55.2 Å². The normalized spacial score (nSPS) is 18.2. The van der Waals surface area contributed by atoms with E-state index in [0.29, 0.717) is 5.92 Å². The molecule has 1 aliphatic rings. The number of nitrogens with one attached hydrogen (secondary N) is 1. The third-order valence-corrected chi connectivity index (χ3v) is 5.00. The Morgan fingerprint density at radius 2 is 2.11 bits per heavy atom. The molecule has 0 saturated carbocycles. The number of aromatic nitrogens is 2. The zero-order chi connectivity index (χ0) is 19.4. The molecule has 5 heteroatoms. The number of hydrogen-bond acceptors (Lipinski definition) is 4. The summed E-state index contributed by atoms with van der Waals surface area (Å²) in [6.45, 7) is 10.9. The Bertz CT molecular complexity index is 766. The van der Waals surface area contributed by atoms with Gasteiger partial charge >= 0.3 is 0 Å². The van der Waals surface area contributed by atoms with E-state index < -0.39 is 0 Å². The van der Waals surface area contributed by atoms with Crippen molar-refractivity contribution in [1.29, 1.82) is 0 Å². The van der Waals surface area contributed by atoms with Gasteiger partial charge in [0.05, 0.1) is 11.8 Å². The van der Waals surface area contributed by atoms with Crippen LogP contribution in [0.25, 0.3) is 0 Å². The fourth-order valence-electron chi connectivity index (χ4n) is 3.64. The van der Waals surface area contributed by atoms with Crippen LogP contribution in [0.5, 0.6) is 5.75 Å². The maximum absolute atomic E-state index is 13.0. The van der Waals surface area contributed by atoms with Crippen molar-refractivity contribution in [2.24, 2.45) is 5.92 Å². The molecule has 5 nitrogen and oxygen atoms in total. The first-order valence-electron chi connectivity index (χ1n) is 10.00. The summed E-state index contributed by atoms with van der Waals surface area (Å²) >= 11 is 0. The van der Waals surface area contributed by atoms with Gasteiger partial charge in [0.15, 0.2) is 5.78 Å². The highest BCUT2D eigenvalue weighted by Crippen LogP contribution is 2.24. The zero-order valence-electron chi connectivity index (χ0n) is 16.9. The lowest BCUT2D eigenvalue weighted by molar-refractivity contribution is 0.0809. The van der Waals surface area contributed by atoms with Gasteiger partial charge in [0.25, 0.3) is 0 Å². The van der Waals surface area contributed by atoms with Crippen molar-refractivity contribution in [2.75, 3.05) is 13.1 Å². The van der Waals surface area contributed by atoms with Gasteiger partial charge in [-0.15, -0.1) is 0 Å². The smallest absolute Gasteiger partial charge is 0.167 e. The molecule has 146 valence electrons. The number of Topliss-reactive ketones (excluding diaryl/α,β-unsaturated/α-hetero) is 1. The number of carbonyl (C=O) groups excluding carboxylic acids is 1. The van der Waals surface area contributed by atoms with Crippen LogP contribution in [-0.2, 0) is 6.54 Å². The molecule has 1 aliphatic heterocycles.